The molecule has 9 rings (SSSR count). The summed E-state index contributed by atoms with van der Waals surface area (Å²) >= 11 is 0. The van der Waals surface area contributed by atoms with E-state index in [2.05, 4.69) is 130 Å². The van der Waals surface area contributed by atoms with Crippen LogP contribution < -0.4 is 18.9 Å². The Labute approximate surface area is 384 Å². The Kier molecular flexibility index (Phi) is 14.0. The largest absolute Gasteiger partial charge is 0.490 e. The highest BCUT2D eigenvalue weighted by Gasteiger charge is 2.29. The van der Waals surface area contributed by atoms with Gasteiger partial charge in [-0.3, -0.25) is 0 Å². The third kappa shape index (κ3) is 11.7. The maximum absolute atomic E-state index is 6.33. The van der Waals surface area contributed by atoms with Crippen LogP contribution in [0.5, 0.6) is 23.0 Å². The molecular formula is C57H60O8. The third-order valence-electron chi connectivity index (χ3n) is 12.2. The van der Waals surface area contributed by atoms with Crippen LogP contribution in [0.2, 0.25) is 0 Å². The molecule has 4 saturated heterocycles. The van der Waals surface area contributed by atoms with Crippen molar-refractivity contribution in [2.75, 3.05) is 52.9 Å². The smallest absolute Gasteiger partial charge is 0.122 e. The second-order valence-corrected chi connectivity index (χ2v) is 17.7. The number of hydrogen-bond acceptors (Lipinski definition) is 8. The minimum absolute atomic E-state index is 0.101. The SMILES string of the molecule is C=CCc1cc(C(c2ccc(C(c3ccc(OCC4CO4)c(CC=C)c3)c3ccc(OCC4CO4)c(CC(=C)C)c3)cc2)c2ccc(OCC3CO3)c(CC=C)c2)ccc1OCC1CO1. The summed E-state index contributed by atoms with van der Waals surface area (Å²) in [5.41, 5.74) is 12.4. The standard InChI is InChI=1S/C57H60O8/c1-6-9-40-25-43(16-20-52(40)62-33-48-29-58-48)56(44-17-21-53(41(26-44)10-7-2)63-34-49-30-59-49)38-12-14-39(15-13-38)57(45-18-22-54(42(27-45)11-8-3)64-35-50-31-60-50)46-19-23-55(65-36-51-32-61-51)47(28-46)24-37(4)5/h6-8,12-23,25-28,48-51,56-57H,1-4,9-11,24,29-36H2,5H3. The monoisotopic (exact) mass is 872 g/mol. The van der Waals surface area contributed by atoms with E-state index in [1.807, 2.05) is 18.2 Å². The summed E-state index contributed by atoms with van der Waals surface area (Å²) in [6, 6.07) is 35.5. The first-order valence-electron chi connectivity index (χ1n) is 22.9. The van der Waals surface area contributed by atoms with Gasteiger partial charge >= 0.3 is 0 Å². The lowest BCUT2D eigenvalue weighted by Crippen LogP contribution is -2.11. The first kappa shape index (κ1) is 44.3. The van der Waals surface area contributed by atoms with Crippen LogP contribution in [0, 0.1) is 0 Å². The number of allylic oxidation sites excluding steroid dienone is 4. The average Bonchev–Trinajstić information content (AvgIpc) is 4.08. The molecule has 0 saturated carbocycles. The van der Waals surface area contributed by atoms with E-state index in [1.54, 1.807) is 0 Å². The van der Waals surface area contributed by atoms with Crippen LogP contribution in [-0.2, 0) is 44.6 Å². The summed E-state index contributed by atoms with van der Waals surface area (Å²) in [6.07, 6.45) is 9.17. The zero-order valence-corrected chi connectivity index (χ0v) is 37.5. The average molecular weight is 873 g/mol. The van der Waals surface area contributed by atoms with Crippen LogP contribution >= 0.6 is 0 Å². The molecule has 8 nitrogen and oxygen atoms in total. The molecule has 5 atom stereocenters. The fourth-order valence-electron chi connectivity index (χ4n) is 8.51. The van der Waals surface area contributed by atoms with Crippen LogP contribution in [0.3, 0.4) is 0 Å². The summed E-state index contributed by atoms with van der Waals surface area (Å²) in [6.45, 7) is 23.7. The lowest BCUT2D eigenvalue weighted by Gasteiger charge is -2.25. The van der Waals surface area contributed by atoms with Crippen LogP contribution in [0.15, 0.2) is 147 Å². The van der Waals surface area contributed by atoms with Crippen LogP contribution in [-0.4, -0.2) is 77.3 Å². The minimum atomic E-state index is -0.103. The van der Waals surface area contributed by atoms with Gasteiger partial charge in [-0.2, -0.15) is 0 Å². The second kappa shape index (κ2) is 20.5. The van der Waals surface area contributed by atoms with Gasteiger partial charge in [-0.15, -0.1) is 19.7 Å². The molecule has 0 amide bonds. The molecule has 5 aromatic carbocycles. The molecule has 336 valence electrons. The van der Waals surface area contributed by atoms with Crippen molar-refractivity contribution in [2.24, 2.45) is 0 Å². The van der Waals surface area contributed by atoms with E-state index >= 15 is 0 Å². The Morgan fingerprint density at radius 2 is 0.723 bits per heavy atom. The van der Waals surface area contributed by atoms with Gasteiger partial charge in [0.15, 0.2) is 0 Å². The zero-order chi connectivity index (χ0) is 44.7. The zero-order valence-electron chi connectivity index (χ0n) is 37.5. The van der Waals surface area contributed by atoms with E-state index < -0.39 is 0 Å². The summed E-state index contributed by atoms with van der Waals surface area (Å²) in [7, 11) is 0. The highest BCUT2D eigenvalue weighted by molar-refractivity contribution is 5.54. The predicted molar refractivity (Wildman–Crippen MR) is 255 cm³/mol. The second-order valence-electron chi connectivity index (χ2n) is 17.7. The van der Waals surface area contributed by atoms with Gasteiger partial charge in [0.1, 0.15) is 73.8 Å². The molecule has 0 aromatic heterocycles. The molecule has 0 N–H and O–H groups in total. The fourth-order valence-corrected chi connectivity index (χ4v) is 8.51. The van der Waals surface area contributed by atoms with Gasteiger partial charge in [-0.1, -0.05) is 103 Å². The lowest BCUT2D eigenvalue weighted by molar-refractivity contribution is 0.261. The quantitative estimate of drug-likeness (QED) is 0.0309. The molecule has 4 aliphatic heterocycles. The van der Waals surface area contributed by atoms with Gasteiger partial charge in [-0.25, -0.2) is 0 Å². The molecule has 5 unspecified atom stereocenters. The third-order valence-corrected chi connectivity index (χ3v) is 12.2. The van der Waals surface area contributed by atoms with Gasteiger partial charge < -0.3 is 37.9 Å². The van der Waals surface area contributed by atoms with Gasteiger partial charge in [0.05, 0.1) is 26.4 Å². The molecule has 4 heterocycles. The molecule has 4 aliphatic rings. The van der Waals surface area contributed by atoms with E-state index in [1.165, 1.54) is 0 Å². The summed E-state index contributed by atoms with van der Waals surface area (Å²) in [5, 5.41) is 0. The van der Waals surface area contributed by atoms with Crippen LogP contribution in [0.4, 0.5) is 0 Å². The predicted octanol–water partition coefficient (Wildman–Crippen LogP) is 10.5. The van der Waals surface area contributed by atoms with Crippen LogP contribution in [0.25, 0.3) is 0 Å². The molecule has 0 spiro atoms. The molecule has 5 aromatic rings. The normalized spacial score (nSPS) is 19.9. The van der Waals surface area contributed by atoms with Crippen molar-refractivity contribution in [1.29, 1.82) is 0 Å². The Morgan fingerprint density at radius 3 is 0.985 bits per heavy atom. The molecular weight excluding hydrogens is 813 g/mol. The highest BCUT2D eigenvalue weighted by Crippen LogP contribution is 2.41. The minimum Gasteiger partial charge on any atom is -0.490 e. The molecule has 65 heavy (non-hydrogen) atoms. The molecule has 0 aliphatic carbocycles. The number of hydrogen-bond donors (Lipinski definition) is 0. The maximum atomic E-state index is 6.33. The molecule has 0 radical (unpaired) electrons. The Morgan fingerprint density at radius 1 is 0.462 bits per heavy atom. The van der Waals surface area contributed by atoms with Crippen molar-refractivity contribution in [3.8, 4) is 23.0 Å². The number of rotatable bonds is 26. The number of ether oxygens (including phenoxy) is 8. The highest BCUT2D eigenvalue weighted by atomic mass is 16.6. The number of epoxide rings is 4. The summed E-state index contributed by atoms with van der Waals surface area (Å²) < 4.78 is 47.0. The molecule has 4 fully saturated rings. The van der Waals surface area contributed by atoms with Gasteiger partial charge in [0.25, 0.3) is 0 Å². The molecule has 8 heteroatoms. The Balaban J connectivity index is 1.12. The van der Waals surface area contributed by atoms with E-state index in [0.29, 0.717) is 52.1 Å². The van der Waals surface area contributed by atoms with E-state index in [0.717, 1.165) is 111 Å². The lowest BCUT2D eigenvalue weighted by atomic mass is 9.80. The summed E-state index contributed by atoms with van der Waals surface area (Å²) in [4.78, 5) is 0. The fraction of sp³-hybridized carbons (Fsp3) is 0.333. The topological polar surface area (TPSA) is 87.0 Å². The van der Waals surface area contributed by atoms with Crippen molar-refractivity contribution in [1.82, 2.24) is 0 Å². The van der Waals surface area contributed by atoms with Gasteiger partial charge in [0.2, 0.25) is 0 Å². The maximum Gasteiger partial charge on any atom is 0.122 e. The first-order valence-corrected chi connectivity index (χ1v) is 22.9. The van der Waals surface area contributed by atoms with Crippen LogP contribution in [0.1, 0.15) is 74.4 Å². The van der Waals surface area contributed by atoms with Crippen molar-refractivity contribution in [3.63, 3.8) is 0 Å². The van der Waals surface area contributed by atoms with Crippen molar-refractivity contribution < 1.29 is 37.9 Å². The van der Waals surface area contributed by atoms with E-state index in [9.17, 15) is 0 Å². The van der Waals surface area contributed by atoms with Gasteiger partial charge in [0, 0.05) is 11.8 Å². The Bertz CT molecular complexity index is 2420. The molecule has 0 bridgehead atoms. The Hall–Kier alpha value is -5.90. The van der Waals surface area contributed by atoms with E-state index in [4.69, 9.17) is 37.9 Å². The van der Waals surface area contributed by atoms with Gasteiger partial charge in [-0.05, 0) is 113 Å². The van der Waals surface area contributed by atoms with Crippen molar-refractivity contribution in [2.45, 2.75) is 68.9 Å². The van der Waals surface area contributed by atoms with Crippen molar-refractivity contribution >= 4 is 0 Å². The van der Waals surface area contributed by atoms with Crippen molar-refractivity contribution in [3.05, 3.63) is 203 Å². The number of benzene rings is 5. The first-order chi connectivity index (χ1) is 31.8. The van der Waals surface area contributed by atoms with E-state index in [-0.39, 0.29) is 36.3 Å². The summed E-state index contributed by atoms with van der Waals surface area (Å²) in [5.74, 6) is 3.23.